The second kappa shape index (κ2) is 14.0. The highest BCUT2D eigenvalue weighted by atomic mass is 16.1. The molecule has 0 fully saturated rings. The minimum Gasteiger partial charge on any atom is -0.300 e. The number of carbonyl (C=O) groups excluding carboxylic acids is 2. The van der Waals surface area contributed by atoms with E-state index in [1.165, 1.54) is 44.9 Å². The zero-order valence-corrected chi connectivity index (χ0v) is 15.5. The van der Waals surface area contributed by atoms with Crippen LogP contribution in [0.2, 0.25) is 0 Å². The summed E-state index contributed by atoms with van der Waals surface area (Å²) in [5.74, 6) is 1.38. The number of Topliss-reactive ketones (excluding diaryl/α,β-unsaturated/α-hetero) is 2. The van der Waals surface area contributed by atoms with Crippen molar-refractivity contribution in [2.75, 3.05) is 0 Å². The molecule has 0 radical (unpaired) electrons. The van der Waals surface area contributed by atoms with Crippen LogP contribution in [-0.4, -0.2) is 11.6 Å². The molecule has 0 spiro atoms. The van der Waals surface area contributed by atoms with Crippen LogP contribution < -0.4 is 0 Å². The first kappa shape index (κ1) is 21.3. The lowest BCUT2D eigenvalue weighted by Gasteiger charge is -2.05. The van der Waals surface area contributed by atoms with Crippen molar-refractivity contribution in [1.82, 2.24) is 0 Å². The summed E-state index contributed by atoms with van der Waals surface area (Å²) in [4.78, 5) is 23.1. The van der Waals surface area contributed by atoms with Crippen molar-refractivity contribution in [2.45, 2.75) is 105 Å². The highest BCUT2D eigenvalue weighted by Gasteiger charge is 2.09. The van der Waals surface area contributed by atoms with Gasteiger partial charge in [-0.3, -0.25) is 9.59 Å². The molecule has 0 saturated carbocycles. The molecule has 0 N–H and O–H groups in total. The summed E-state index contributed by atoms with van der Waals surface area (Å²) >= 11 is 0. The predicted octanol–water partition coefficient (Wildman–Crippen LogP) is 6.12. The van der Waals surface area contributed by atoms with Crippen LogP contribution in [0, 0.1) is 11.8 Å². The maximum absolute atomic E-state index is 11.7. The van der Waals surface area contributed by atoms with Crippen LogP contribution in [0.25, 0.3) is 0 Å². The normalized spacial score (nSPS) is 11.4. The lowest BCUT2D eigenvalue weighted by Crippen LogP contribution is -2.09. The molecule has 22 heavy (non-hydrogen) atoms. The molecular weight excluding hydrogens is 272 g/mol. The van der Waals surface area contributed by atoms with E-state index in [1.807, 2.05) is 13.8 Å². The predicted molar refractivity (Wildman–Crippen MR) is 95.1 cm³/mol. The van der Waals surface area contributed by atoms with Crippen LogP contribution in [0.4, 0.5) is 0 Å². The summed E-state index contributed by atoms with van der Waals surface area (Å²) in [6, 6.07) is 0. The first-order valence-corrected chi connectivity index (χ1v) is 9.48. The van der Waals surface area contributed by atoms with Crippen LogP contribution >= 0.6 is 0 Å². The van der Waals surface area contributed by atoms with Gasteiger partial charge in [0.15, 0.2) is 0 Å². The Bertz CT molecular complexity index is 292. The summed E-state index contributed by atoms with van der Waals surface area (Å²) < 4.78 is 0. The van der Waals surface area contributed by atoms with Gasteiger partial charge in [0.05, 0.1) is 0 Å². The van der Waals surface area contributed by atoms with Gasteiger partial charge in [-0.05, 0) is 12.3 Å². The van der Waals surface area contributed by atoms with E-state index < -0.39 is 0 Å². The second-order valence-electron chi connectivity index (χ2n) is 7.42. The molecule has 0 rings (SSSR count). The smallest absolute Gasteiger partial charge is 0.135 e. The number of rotatable bonds is 15. The molecule has 0 aromatic carbocycles. The summed E-state index contributed by atoms with van der Waals surface area (Å²) in [5, 5.41) is 0. The topological polar surface area (TPSA) is 34.1 Å². The molecule has 0 aliphatic heterocycles. The Morgan fingerprint density at radius 2 is 1.14 bits per heavy atom. The molecule has 0 aliphatic carbocycles. The Morgan fingerprint density at radius 3 is 1.64 bits per heavy atom. The van der Waals surface area contributed by atoms with E-state index in [0.29, 0.717) is 19.3 Å². The van der Waals surface area contributed by atoms with E-state index in [-0.39, 0.29) is 17.5 Å². The van der Waals surface area contributed by atoms with Crippen molar-refractivity contribution in [3.63, 3.8) is 0 Å². The number of unbranched alkanes of at least 4 members (excludes halogenated alkanes) is 7. The van der Waals surface area contributed by atoms with Gasteiger partial charge in [-0.1, -0.05) is 79.1 Å². The van der Waals surface area contributed by atoms with Crippen molar-refractivity contribution < 1.29 is 9.59 Å². The van der Waals surface area contributed by atoms with E-state index in [9.17, 15) is 9.59 Å². The zero-order chi connectivity index (χ0) is 16.8. The van der Waals surface area contributed by atoms with Gasteiger partial charge < -0.3 is 0 Å². The third kappa shape index (κ3) is 14.3. The third-order valence-electron chi connectivity index (χ3n) is 4.28. The SMILES string of the molecule is CC(C)CCCCCCCCCCC(=O)CCC(=O)C(C)C. The molecule has 0 aromatic rings. The Hall–Kier alpha value is -0.660. The lowest BCUT2D eigenvalue weighted by atomic mass is 10.00. The molecule has 0 amide bonds. The maximum Gasteiger partial charge on any atom is 0.135 e. The Morgan fingerprint density at radius 1 is 0.636 bits per heavy atom. The minimum absolute atomic E-state index is 0.0633. The fourth-order valence-corrected chi connectivity index (χ4v) is 2.61. The standard InChI is InChI=1S/C20H38O2/c1-17(2)13-11-9-7-5-6-8-10-12-14-19(21)15-16-20(22)18(3)4/h17-18H,5-16H2,1-4H3. The fourth-order valence-electron chi connectivity index (χ4n) is 2.61. The van der Waals surface area contributed by atoms with Gasteiger partial charge in [-0.2, -0.15) is 0 Å². The number of ketones is 2. The van der Waals surface area contributed by atoms with E-state index in [4.69, 9.17) is 0 Å². The van der Waals surface area contributed by atoms with Crippen LogP contribution in [0.1, 0.15) is 105 Å². The van der Waals surface area contributed by atoms with E-state index >= 15 is 0 Å². The lowest BCUT2D eigenvalue weighted by molar-refractivity contribution is -0.125. The van der Waals surface area contributed by atoms with Crippen molar-refractivity contribution in [1.29, 1.82) is 0 Å². The van der Waals surface area contributed by atoms with Gasteiger partial charge in [0.1, 0.15) is 11.6 Å². The first-order valence-electron chi connectivity index (χ1n) is 9.48. The first-order chi connectivity index (χ1) is 10.4. The van der Waals surface area contributed by atoms with E-state index in [2.05, 4.69) is 13.8 Å². The second-order valence-corrected chi connectivity index (χ2v) is 7.42. The monoisotopic (exact) mass is 310 g/mol. The van der Waals surface area contributed by atoms with Gasteiger partial charge in [0, 0.05) is 25.2 Å². The number of hydrogen-bond donors (Lipinski definition) is 0. The zero-order valence-electron chi connectivity index (χ0n) is 15.5. The Kier molecular flexibility index (Phi) is 13.5. The van der Waals surface area contributed by atoms with Gasteiger partial charge in [-0.25, -0.2) is 0 Å². The summed E-state index contributed by atoms with van der Waals surface area (Å²) in [7, 11) is 0. The van der Waals surface area contributed by atoms with Gasteiger partial charge in [0.25, 0.3) is 0 Å². The van der Waals surface area contributed by atoms with E-state index in [1.54, 1.807) is 0 Å². The van der Waals surface area contributed by atoms with Crippen LogP contribution in [0.3, 0.4) is 0 Å². The van der Waals surface area contributed by atoms with Crippen LogP contribution in [-0.2, 0) is 9.59 Å². The molecular formula is C20H38O2. The van der Waals surface area contributed by atoms with Crippen LogP contribution in [0.15, 0.2) is 0 Å². The van der Waals surface area contributed by atoms with Gasteiger partial charge >= 0.3 is 0 Å². The van der Waals surface area contributed by atoms with Gasteiger partial charge in [0.2, 0.25) is 0 Å². The van der Waals surface area contributed by atoms with Crippen LogP contribution in [0.5, 0.6) is 0 Å². The van der Waals surface area contributed by atoms with Crippen molar-refractivity contribution in [3.8, 4) is 0 Å². The summed E-state index contributed by atoms with van der Waals surface area (Å²) in [5.41, 5.74) is 0. The van der Waals surface area contributed by atoms with Crippen molar-refractivity contribution >= 4 is 11.6 Å². The minimum atomic E-state index is 0.0633. The molecule has 0 aliphatic rings. The number of hydrogen-bond acceptors (Lipinski definition) is 2. The third-order valence-corrected chi connectivity index (χ3v) is 4.28. The average Bonchev–Trinajstić information content (AvgIpc) is 2.46. The Labute approximate surface area is 138 Å². The summed E-state index contributed by atoms with van der Waals surface area (Å²) in [6.07, 6.45) is 13.1. The highest BCUT2D eigenvalue weighted by Crippen LogP contribution is 2.13. The van der Waals surface area contributed by atoms with Crippen molar-refractivity contribution in [2.24, 2.45) is 11.8 Å². The highest BCUT2D eigenvalue weighted by molar-refractivity contribution is 5.86. The average molecular weight is 311 g/mol. The molecule has 0 bridgehead atoms. The molecule has 0 unspecified atom stereocenters. The van der Waals surface area contributed by atoms with Gasteiger partial charge in [-0.15, -0.1) is 0 Å². The molecule has 2 nitrogen and oxygen atoms in total. The largest absolute Gasteiger partial charge is 0.300 e. The molecule has 0 saturated heterocycles. The summed E-state index contributed by atoms with van der Waals surface area (Å²) in [6.45, 7) is 8.38. The molecule has 0 atom stereocenters. The van der Waals surface area contributed by atoms with E-state index in [0.717, 1.165) is 18.8 Å². The molecule has 0 heterocycles. The quantitative estimate of drug-likeness (QED) is 0.341. The molecule has 0 aromatic heterocycles. The van der Waals surface area contributed by atoms with Crippen molar-refractivity contribution in [3.05, 3.63) is 0 Å². The molecule has 2 heteroatoms. The Balaban J connectivity index is 3.28. The molecule has 130 valence electrons. The maximum atomic E-state index is 11.7. The number of carbonyl (C=O) groups is 2. The fraction of sp³-hybridized carbons (Fsp3) is 0.900.